The number of rotatable bonds is 7. The Balaban J connectivity index is 1.86. The first kappa shape index (κ1) is 18.1. The molecule has 0 heterocycles. The van der Waals surface area contributed by atoms with Gasteiger partial charge in [-0.3, -0.25) is 4.79 Å². The number of carbonyl (C=O) groups excluding carboxylic acids is 1. The van der Waals surface area contributed by atoms with Crippen LogP contribution in [0.25, 0.3) is 0 Å². The van der Waals surface area contributed by atoms with E-state index in [2.05, 4.69) is 10.6 Å². The van der Waals surface area contributed by atoms with Crippen LogP contribution in [0.4, 0.5) is 8.78 Å². The van der Waals surface area contributed by atoms with E-state index in [-0.39, 0.29) is 36.0 Å². The molecule has 0 aliphatic carbocycles. The molecule has 128 valence electrons. The topological polar surface area (TPSA) is 41.1 Å². The van der Waals surface area contributed by atoms with Crippen molar-refractivity contribution in [3.8, 4) is 0 Å². The Labute approximate surface area is 141 Å². The Bertz CT molecular complexity index is 654. The smallest absolute Gasteiger partial charge is 0.234 e. The van der Waals surface area contributed by atoms with Gasteiger partial charge in [-0.25, -0.2) is 8.78 Å². The molecule has 1 amide bonds. The SMILES string of the molecule is CC(C)[C@@H](NCC(=O)NCc1ccc(F)cc1)c1ccc(F)cc1. The van der Waals surface area contributed by atoms with E-state index in [0.29, 0.717) is 6.54 Å². The molecule has 2 rings (SSSR count). The summed E-state index contributed by atoms with van der Waals surface area (Å²) in [4.78, 5) is 12.0. The van der Waals surface area contributed by atoms with Gasteiger partial charge in [0.1, 0.15) is 11.6 Å². The van der Waals surface area contributed by atoms with E-state index in [1.165, 1.54) is 24.3 Å². The maximum Gasteiger partial charge on any atom is 0.234 e. The van der Waals surface area contributed by atoms with Crippen molar-refractivity contribution in [2.24, 2.45) is 5.92 Å². The van der Waals surface area contributed by atoms with Gasteiger partial charge in [-0.05, 0) is 41.3 Å². The van der Waals surface area contributed by atoms with Gasteiger partial charge in [0.2, 0.25) is 5.91 Å². The molecule has 2 aromatic rings. The molecule has 0 aliphatic heterocycles. The van der Waals surface area contributed by atoms with Gasteiger partial charge in [-0.1, -0.05) is 38.1 Å². The summed E-state index contributed by atoms with van der Waals surface area (Å²) in [6.45, 7) is 4.58. The van der Waals surface area contributed by atoms with Crippen LogP contribution in [-0.4, -0.2) is 12.5 Å². The van der Waals surface area contributed by atoms with Gasteiger partial charge in [-0.2, -0.15) is 0 Å². The fourth-order valence-corrected chi connectivity index (χ4v) is 2.48. The molecule has 2 aromatic carbocycles. The number of hydrogen-bond acceptors (Lipinski definition) is 2. The van der Waals surface area contributed by atoms with E-state index in [0.717, 1.165) is 11.1 Å². The monoisotopic (exact) mass is 332 g/mol. The summed E-state index contributed by atoms with van der Waals surface area (Å²) in [5.41, 5.74) is 1.78. The average Bonchev–Trinajstić information content (AvgIpc) is 2.56. The van der Waals surface area contributed by atoms with Gasteiger partial charge in [0, 0.05) is 12.6 Å². The highest BCUT2D eigenvalue weighted by Crippen LogP contribution is 2.21. The van der Waals surface area contributed by atoms with E-state index in [1.807, 2.05) is 13.8 Å². The largest absolute Gasteiger partial charge is 0.351 e. The highest BCUT2D eigenvalue weighted by molar-refractivity contribution is 5.78. The molecule has 0 saturated carbocycles. The number of carbonyl (C=O) groups is 1. The lowest BCUT2D eigenvalue weighted by molar-refractivity contribution is -0.120. The van der Waals surface area contributed by atoms with Crippen LogP contribution in [0, 0.1) is 17.6 Å². The molecule has 0 aliphatic rings. The van der Waals surface area contributed by atoms with E-state index in [9.17, 15) is 13.6 Å². The first-order valence-electron chi connectivity index (χ1n) is 7.95. The van der Waals surface area contributed by atoms with Crippen molar-refractivity contribution < 1.29 is 13.6 Å². The molecule has 0 aromatic heterocycles. The quantitative estimate of drug-likeness (QED) is 0.814. The number of halogens is 2. The molecular formula is C19H22F2N2O. The fraction of sp³-hybridized carbons (Fsp3) is 0.316. The van der Waals surface area contributed by atoms with Crippen LogP contribution in [0.1, 0.15) is 31.0 Å². The number of amides is 1. The molecule has 0 bridgehead atoms. The van der Waals surface area contributed by atoms with Crippen LogP contribution >= 0.6 is 0 Å². The van der Waals surface area contributed by atoms with Crippen LogP contribution in [0.15, 0.2) is 48.5 Å². The number of nitrogens with one attached hydrogen (secondary N) is 2. The molecule has 0 spiro atoms. The van der Waals surface area contributed by atoms with Gasteiger partial charge in [0.25, 0.3) is 0 Å². The minimum atomic E-state index is -0.300. The Kier molecular flexibility index (Phi) is 6.44. The number of benzene rings is 2. The minimum absolute atomic E-state index is 0.0397. The molecule has 0 radical (unpaired) electrons. The molecular weight excluding hydrogens is 310 g/mol. The second-order valence-corrected chi connectivity index (χ2v) is 6.06. The number of hydrogen-bond donors (Lipinski definition) is 2. The van der Waals surface area contributed by atoms with Gasteiger partial charge < -0.3 is 10.6 Å². The lowest BCUT2D eigenvalue weighted by Gasteiger charge is -2.22. The van der Waals surface area contributed by atoms with Crippen molar-refractivity contribution in [3.63, 3.8) is 0 Å². The highest BCUT2D eigenvalue weighted by atomic mass is 19.1. The van der Waals surface area contributed by atoms with Crippen LogP contribution in [0.3, 0.4) is 0 Å². The first-order chi connectivity index (χ1) is 11.5. The molecule has 0 fully saturated rings. The van der Waals surface area contributed by atoms with Crippen LogP contribution < -0.4 is 10.6 Å². The summed E-state index contributed by atoms with van der Waals surface area (Å²) in [6, 6.07) is 12.2. The van der Waals surface area contributed by atoms with Crippen molar-refractivity contribution in [1.82, 2.24) is 10.6 Å². The Morgan fingerprint density at radius 3 is 2.04 bits per heavy atom. The second-order valence-electron chi connectivity index (χ2n) is 6.06. The van der Waals surface area contributed by atoms with Crippen LogP contribution in [0.2, 0.25) is 0 Å². The lowest BCUT2D eigenvalue weighted by atomic mass is 9.96. The molecule has 2 N–H and O–H groups in total. The normalized spacial score (nSPS) is 12.2. The third-order valence-electron chi connectivity index (χ3n) is 3.78. The Morgan fingerprint density at radius 1 is 0.958 bits per heavy atom. The summed E-state index contributed by atoms with van der Waals surface area (Å²) >= 11 is 0. The van der Waals surface area contributed by atoms with Crippen molar-refractivity contribution in [1.29, 1.82) is 0 Å². The standard InChI is InChI=1S/C19H22F2N2O/c1-13(2)19(15-5-9-17(21)10-6-15)23-12-18(24)22-11-14-3-7-16(20)8-4-14/h3-10,13,19,23H,11-12H2,1-2H3,(H,22,24)/t19-/m1/s1. The average molecular weight is 332 g/mol. The summed E-state index contributed by atoms with van der Waals surface area (Å²) < 4.78 is 25.9. The second kappa shape index (κ2) is 8.55. The Hall–Kier alpha value is -2.27. The first-order valence-corrected chi connectivity index (χ1v) is 7.95. The zero-order valence-electron chi connectivity index (χ0n) is 13.9. The zero-order valence-corrected chi connectivity index (χ0v) is 13.9. The maximum absolute atomic E-state index is 13.0. The summed E-state index contributed by atoms with van der Waals surface area (Å²) in [7, 11) is 0. The van der Waals surface area contributed by atoms with Crippen molar-refractivity contribution in [2.75, 3.05) is 6.54 Å². The summed E-state index contributed by atoms with van der Waals surface area (Å²) in [5, 5.41) is 5.99. The minimum Gasteiger partial charge on any atom is -0.351 e. The predicted molar refractivity (Wildman–Crippen MR) is 90.2 cm³/mol. The lowest BCUT2D eigenvalue weighted by Crippen LogP contribution is -2.37. The predicted octanol–water partition coefficient (Wildman–Crippen LogP) is 3.57. The summed E-state index contributed by atoms with van der Waals surface area (Å²) in [6.07, 6.45) is 0. The third-order valence-corrected chi connectivity index (χ3v) is 3.78. The van der Waals surface area contributed by atoms with E-state index >= 15 is 0 Å². The van der Waals surface area contributed by atoms with Crippen LogP contribution in [-0.2, 0) is 11.3 Å². The summed E-state index contributed by atoms with van der Waals surface area (Å²) in [5.74, 6) is -0.475. The maximum atomic E-state index is 13.0. The Morgan fingerprint density at radius 2 is 1.50 bits per heavy atom. The highest BCUT2D eigenvalue weighted by Gasteiger charge is 2.16. The van der Waals surface area contributed by atoms with Crippen molar-refractivity contribution >= 4 is 5.91 Å². The molecule has 0 unspecified atom stereocenters. The van der Waals surface area contributed by atoms with E-state index in [4.69, 9.17) is 0 Å². The third kappa shape index (κ3) is 5.42. The zero-order chi connectivity index (χ0) is 17.5. The van der Waals surface area contributed by atoms with Gasteiger partial charge in [0.15, 0.2) is 0 Å². The fourth-order valence-electron chi connectivity index (χ4n) is 2.48. The van der Waals surface area contributed by atoms with Crippen LogP contribution in [0.5, 0.6) is 0 Å². The van der Waals surface area contributed by atoms with Gasteiger partial charge in [-0.15, -0.1) is 0 Å². The molecule has 5 heteroatoms. The molecule has 0 saturated heterocycles. The van der Waals surface area contributed by atoms with E-state index in [1.54, 1.807) is 24.3 Å². The van der Waals surface area contributed by atoms with Gasteiger partial charge in [0.05, 0.1) is 6.54 Å². The molecule has 24 heavy (non-hydrogen) atoms. The van der Waals surface area contributed by atoms with Crippen molar-refractivity contribution in [3.05, 3.63) is 71.3 Å². The van der Waals surface area contributed by atoms with Gasteiger partial charge >= 0.3 is 0 Å². The van der Waals surface area contributed by atoms with Crippen molar-refractivity contribution in [2.45, 2.75) is 26.4 Å². The molecule has 3 nitrogen and oxygen atoms in total. The molecule has 1 atom stereocenters. The van der Waals surface area contributed by atoms with E-state index < -0.39 is 0 Å².